The highest BCUT2D eigenvalue weighted by Crippen LogP contribution is 2.32. The number of carbonyl (C=O) groups excluding carboxylic acids is 1. The molecule has 1 atom stereocenters. The average Bonchev–Trinajstić information content (AvgIpc) is 2.49. The predicted molar refractivity (Wildman–Crippen MR) is 71.5 cm³/mol. The normalized spacial score (nSPS) is 21.4. The van der Waals surface area contributed by atoms with Gasteiger partial charge in [-0.3, -0.25) is 4.79 Å². The summed E-state index contributed by atoms with van der Waals surface area (Å²) in [6.07, 6.45) is 5.31. The highest BCUT2D eigenvalue weighted by Gasteiger charge is 2.23. The Morgan fingerprint density at radius 2 is 1.65 bits per heavy atom. The van der Waals surface area contributed by atoms with E-state index in [1.165, 1.54) is 35.1 Å². The summed E-state index contributed by atoms with van der Waals surface area (Å²) in [6.45, 7) is 6.42. The van der Waals surface area contributed by atoms with Crippen LogP contribution in [0.2, 0.25) is 0 Å². The number of Topliss-reactive ketones (excluding diaryl/α,β-unsaturated/α-hetero) is 1. The van der Waals surface area contributed by atoms with Crippen molar-refractivity contribution in [3.05, 3.63) is 34.4 Å². The fourth-order valence-corrected chi connectivity index (χ4v) is 2.85. The van der Waals surface area contributed by atoms with Gasteiger partial charge in [-0.25, -0.2) is 0 Å². The van der Waals surface area contributed by atoms with E-state index in [1.807, 2.05) is 0 Å². The third-order valence-electron chi connectivity index (χ3n) is 4.06. The van der Waals surface area contributed by atoms with Crippen LogP contribution in [0, 0.1) is 20.8 Å². The first-order valence-corrected chi connectivity index (χ1v) is 6.70. The smallest absolute Gasteiger partial charge is 0.140 e. The molecule has 0 aliphatic heterocycles. The molecule has 1 unspecified atom stereocenters. The molecule has 1 heteroatoms. The summed E-state index contributed by atoms with van der Waals surface area (Å²) in [4.78, 5) is 12.2. The van der Waals surface area contributed by atoms with Crippen molar-refractivity contribution in [3.63, 3.8) is 0 Å². The SMILES string of the molecule is Cc1cc(C)c(C2CCCCCC2=O)cc1C. The van der Waals surface area contributed by atoms with E-state index in [2.05, 4.69) is 32.9 Å². The zero-order valence-electron chi connectivity index (χ0n) is 11.2. The van der Waals surface area contributed by atoms with Crippen LogP contribution in [-0.4, -0.2) is 5.78 Å². The second-order valence-corrected chi connectivity index (χ2v) is 5.41. The molecule has 0 aromatic heterocycles. The minimum absolute atomic E-state index is 0.164. The van der Waals surface area contributed by atoms with Gasteiger partial charge in [0, 0.05) is 12.3 Å². The highest BCUT2D eigenvalue weighted by atomic mass is 16.1. The van der Waals surface area contributed by atoms with Crippen molar-refractivity contribution >= 4 is 5.78 Å². The van der Waals surface area contributed by atoms with Crippen molar-refractivity contribution in [1.82, 2.24) is 0 Å². The van der Waals surface area contributed by atoms with Crippen LogP contribution >= 0.6 is 0 Å². The zero-order chi connectivity index (χ0) is 12.4. The predicted octanol–water partition coefficient (Wildman–Crippen LogP) is 4.23. The van der Waals surface area contributed by atoms with E-state index in [1.54, 1.807) is 0 Å². The van der Waals surface area contributed by atoms with Gasteiger partial charge < -0.3 is 0 Å². The molecule has 0 saturated heterocycles. The second-order valence-electron chi connectivity index (χ2n) is 5.41. The van der Waals surface area contributed by atoms with Crippen LogP contribution in [-0.2, 0) is 4.79 Å². The van der Waals surface area contributed by atoms with Crippen LogP contribution in [0.4, 0.5) is 0 Å². The summed E-state index contributed by atoms with van der Waals surface area (Å²) in [6, 6.07) is 4.46. The number of ketones is 1. The van der Waals surface area contributed by atoms with Gasteiger partial charge in [0.25, 0.3) is 0 Å². The van der Waals surface area contributed by atoms with Gasteiger partial charge in [0.2, 0.25) is 0 Å². The molecular formula is C16H22O. The first-order valence-electron chi connectivity index (χ1n) is 6.70. The quantitative estimate of drug-likeness (QED) is 0.660. The number of benzene rings is 1. The third kappa shape index (κ3) is 2.59. The lowest BCUT2D eigenvalue weighted by molar-refractivity contribution is -0.120. The Kier molecular flexibility index (Phi) is 3.66. The summed E-state index contributed by atoms with van der Waals surface area (Å²) in [5, 5.41) is 0. The first kappa shape index (κ1) is 12.3. The van der Waals surface area contributed by atoms with Gasteiger partial charge in [0.05, 0.1) is 0 Å². The highest BCUT2D eigenvalue weighted by molar-refractivity contribution is 5.86. The molecule has 1 nitrogen and oxygen atoms in total. The summed E-state index contributed by atoms with van der Waals surface area (Å²) < 4.78 is 0. The maximum Gasteiger partial charge on any atom is 0.140 e. The van der Waals surface area contributed by atoms with Gasteiger partial charge in [0.15, 0.2) is 0 Å². The first-order chi connectivity index (χ1) is 8.09. The van der Waals surface area contributed by atoms with Gasteiger partial charge >= 0.3 is 0 Å². The Morgan fingerprint density at radius 3 is 2.41 bits per heavy atom. The van der Waals surface area contributed by atoms with Crippen molar-refractivity contribution in [2.75, 3.05) is 0 Å². The molecule has 0 amide bonds. The van der Waals surface area contributed by atoms with E-state index in [0.717, 1.165) is 19.3 Å². The fourth-order valence-electron chi connectivity index (χ4n) is 2.85. The lowest BCUT2D eigenvalue weighted by Gasteiger charge is -2.18. The monoisotopic (exact) mass is 230 g/mol. The van der Waals surface area contributed by atoms with Crippen LogP contribution in [0.25, 0.3) is 0 Å². The lowest BCUT2D eigenvalue weighted by atomic mass is 9.86. The minimum Gasteiger partial charge on any atom is -0.299 e. The molecule has 1 fully saturated rings. The molecular weight excluding hydrogens is 208 g/mol. The molecule has 0 radical (unpaired) electrons. The van der Waals surface area contributed by atoms with E-state index in [4.69, 9.17) is 0 Å². The van der Waals surface area contributed by atoms with Crippen molar-refractivity contribution in [1.29, 1.82) is 0 Å². The molecule has 1 aliphatic rings. The standard InChI is InChI=1S/C16H22O/c1-11-9-13(3)15(10-12(11)2)14-7-5-4-6-8-16(14)17/h9-10,14H,4-8H2,1-3H3. The molecule has 0 N–H and O–H groups in total. The minimum atomic E-state index is 0.164. The zero-order valence-corrected chi connectivity index (χ0v) is 11.2. The van der Waals surface area contributed by atoms with Crippen LogP contribution in [0.5, 0.6) is 0 Å². The molecule has 1 aliphatic carbocycles. The molecule has 2 rings (SSSR count). The molecule has 1 aromatic carbocycles. The summed E-state index contributed by atoms with van der Waals surface area (Å²) in [5.41, 5.74) is 5.20. The Morgan fingerprint density at radius 1 is 0.941 bits per heavy atom. The van der Waals surface area contributed by atoms with Gasteiger partial charge in [0.1, 0.15) is 5.78 Å². The molecule has 0 bridgehead atoms. The molecule has 17 heavy (non-hydrogen) atoms. The lowest BCUT2D eigenvalue weighted by Crippen LogP contribution is -2.12. The molecule has 0 heterocycles. The van der Waals surface area contributed by atoms with Gasteiger partial charge in [-0.05, 0) is 55.9 Å². The number of hydrogen-bond acceptors (Lipinski definition) is 1. The van der Waals surface area contributed by atoms with Crippen molar-refractivity contribution in [3.8, 4) is 0 Å². The van der Waals surface area contributed by atoms with Crippen LogP contribution in [0.3, 0.4) is 0 Å². The summed E-state index contributed by atoms with van der Waals surface area (Å²) in [5.74, 6) is 0.616. The summed E-state index contributed by atoms with van der Waals surface area (Å²) >= 11 is 0. The largest absolute Gasteiger partial charge is 0.299 e. The van der Waals surface area contributed by atoms with Crippen molar-refractivity contribution in [2.45, 2.75) is 58.8 Å². The van der Waals surface area contributed by atoms with E-state index >= 15 is 0 Å². The Bertz CT molecular complexity index is 431. The van der Waals surface area contributed by atoms with E-state index in [0.29, 0.717) is 5.78 Å². The maximum atomic E-state index is 12.2. The number of carbonyl (C=O) groups is 1. The van der Waals surface area contributed by atoms with E-state index in [-0.39, 0.29) is 5.92 Å². The topological polar surface area (TPSA) is 17.1 Å². The van der Waals surface area contributed by atoms with Crippen LogP contribution in [0.15, 0.2) is 12.1 Å². The van der Waals surface area contributed by atoms with Crippen LogP contribution in [0.1, 0.15) is 60.3 Å². The van der Waals surface area contributed by atoms with E-state index in [9.17, 15) is 4.79 Å². The van der Waals surface area contributed by atoms with Crippen molar-refractivity contribution in [2.24, 2.45) is 0 Å². The Hall–Kier alpha value is -1.11. The molecule has 92 valence electrons. The Balaban J connectivity index is 2.37. The second kappa shape index (κ2) is 5.03. The number of aryl methyl sites for hydroxylation is 3. The molecule has 1 aromatic rings. The third-order valence-corrected chi connectivity index (χ3v) is 4.06. The number of rotatable bonds is 1. The van der Waals surface area contributed by atoms with Gasteiger partial charge in [-0.2, -0.15) is 0 Å². The van der Waals surface area contributed by atoms with Crippen molar-refractivity contribution < 1.29 is 4.79 Å². The molecule has 1 saturated carbocycles. The Labute approximate surface area is 104 Å². The van der Waals surface area contributed by atoms with E-state index < -0.39 is 0 Å². The van der Waals surface area contributed by atoms with Gasteiger partial charge in [-0.1, -0.05) is 25.0 Å². The fraction of sp³-hybridized carbons (Fsp3) is 0.562. The van der Waals surface area contributed by atoms with Gasteiger partial charge in [-0.15, -0.1) is 0 Å². The average molecular weight is 230 g/mol. The van der Waals surface area contributed by atoms with Crippen LogP contribution < -0.4 is 0 Å². The maximum absolute atomic E-state index is 12.2. The summed E-state index contributed by atoms with van der Waals surface area (Å²) in [7, 11) is 0. The number of hydrogen-bond donors (Lipinski definition) is 0. The molecule has 0 spiro atoms.